The van der Waals surface area contributed by atoms with E-state index in [2.05, 4.69) is 10.4 Å². The third-order valence-corrected chi connectivity index (χ3v) is 3.10. The number of allylic oxidation sites excluding steroid dienone is 2. The number of hydrogen-bond donors (Lipinski definition) is 1. The van der Waals surface area contributed by atoms with Crippen molar-refractivity contribution in [1.29, 1.82) is 15.8 Å². The second-order valence-corrected chi connectivity index (χ2v) is 4.82. The minimum Gasteiger partial charge on any atom is -0.345 e. The maximum atomic E-state index is 8.99. The number of aromatic nitrogens is 2. The van der Waals surface area contributed by atoms with E-state index in [1.165, 1.54) is 10.9 Å². The zero-order valence-corrected chi connectivity index (χ0v) is 12.4. The number of halogens is 2. The lowest BCUT2D eigenvalue weighted by atomic mass is 10.2. The Morgan fingerprint density at radius 2 is 1.86 bits per heavy atom. The van der Waals surface area contributed by atoms with Crippen molar-refractivity contribution in [2.75, 3.05) is 5.32 Å². The van der Waals surface area contributed by atoms with Crippen LogP contribution in [-0.2, 0) is 0 Å². The van der Waals surface area contributed by atoms with E-state index in [0.29, 0.717) is 21.4 Å². The predicted octanol–water partition coefficient (Wildman–Crippen LogP) is 3.42. The summed E-state index contributed by atoms with van der Waals surface area (Å²) in [6, 6.07) is 9.92. The van der Waals surface area contributed by atoms with E-state index in [-0.39, 0.29) is 11.3 Å². The molecule has 0 bridgehead atoms. The second kappa shape index (κ2) is 6.65. The first-order valence-electron chi connectivity index (χ1n) is 5.80. The first-order valence-corrected chi connectivity index (χ1v) is 6.56. The van der Waals surface area contributed by atoms with Crippen molar-refractivity contribution in [2.45, 2.75) is 0 Å². The van der Waals surface area contributed by atoms with Gasteiger partial charge in [-0.25, -0.2) is 4.68 Å². The molecule has 2 aromatic rings. The van der Waals surface area contributed by atoms with Crippen LogP contribution >= 0.6 is 23.2 Å². The number of nitrogens with zero attached hydrogens (tertiary/aromatic N) is 5. The van der Waals surface area contributed by atoms with Gasteiger partial charge in [0, 0.05) is 11.9 Å². The number of nitrogens with one attached hydrogen (secondary N) is 1. The molecule has 1 N–H and O–H groups in total. The molecule has 6 nitrogen and oxygen atoms in total. The average Bonchev–Trinajstić information content (AvgIpc) is 2.93. The molecule has 0 amide bonds. The van der Waals surface area contributed by atoms with Crippen molar-refractivity contribution in [3.63, 3.8) is 0 Å². The molecule has 22 heavy (non-hydrogen) atoms. The first kappa shape index (κ1) is 15.4. The van der Waals surface area contributed by atoms with Crippen LogP contribution in [0.15, 0.2) is 41.9 Å². The smallest absolute Gasteiger partial charge is 0.163 e. The largest absolute Gasteiger partial charge is 0.345 e. The second-order valence-electron chi connectivity index (χ2n) is 3.98. The van der Waals surface area contributed by atoms with Gasteiger partial charge >= 0.3 is 0 Å². The summed E-state index contributed by atoms with van der Waals surface area (Å²) in [6.07, 6.45) is 3.08. The third kappa shape index (κ3) is 3.19. The van der Waals surface area contributed by atoms with E-state index >= 15 is 0 Å². The first-order chi connectivity index (χ1) is 10.6. The average molecular weight is 329 g/mol. The standard InChI is InChI=1S/C14H6Cl2N6/c15-10-7-20-22(8-10)14-2-1-11(3-12(14)16)21-13(6-19)9(4-17)5-18/h1-3,7-8,21H. The fourth-order valence-electron chi connectivity index (χ4n) is 1.63. The van der Waals surface area contributed by atoms with Crippen LogP contribution < -0.4 is 5.32 Å². The highest BCUT2D eigenvalue weighted by Crippen LogP contribution is 2.25. The van der Waals surface area contributed by atoms with Crippen molar-refractivity contribution in [1.82, 2.24) is 9.78 Å². The van der Waals surface area contributed by atoms with Gasteiger partial charge in [0.2, 0.25) is 0 Å². The number of nitriles is 3. The Bertz CT molecular complexity index is 860. The number of rotatable bonds is 3. The molecule has 2 rings (SSSR count). The summed E-state index contributed by atoms with van der Waals surface area (Å²) in [7, 11) is 0. The zero-order valence-electron chi connectivity index (χ0n) is 10.9. The highest BCUT2D eigenvalue weighted by Gasteiger charge is 2.09. The van der Waals surface area contributed by atoms with Crippen molar-refractivity contribution >= 4 is 28.9 Å². The molecule has 8 heteroatoms. The molecular formula is C14H6Cl2N6. The lowest BCUT2D eigenvalue weighted by molar-refractivity contribution is 0.881. The Kier molecular flexibility index (Phi) is 4.66. The van der Waals surface area contributed by atoms with Crippen LogP contribution in [0.25, 0.3) is 5.69 Å². The molecule has 0 aliphatic rings. The quantitative estimate of drug-likeness (QED) is 0.870. The van der Waals surface area contributed by atoms with Gasteiger partial charge in [-0.15, -0.1) is 0 Å². The van der Waals surface area contributed by atoms with Gasteiger partial charge in [-0.05, 0) is 18.2 Å². The van der Waals surface area contributed by atoms with E-state index in [1.54, 1.807) is 42.6 Å². The van der Waals surface area contributed by atoms with Crippen LogP contribution in [0.5, 0.6) is 0 Å². The molecule has 1 aromatic heterocycles. The summed E-state index contributed by atoms with van der Waals surface area (Å²) in [5, 5.41) is 34.1. The van der Waals surface area contributed by atoms with Crippen LogP contribution in [0.4, 0.5) is 5.69 Å². The fraction of sp³-hybridized carbons (Fsp3) is 0. The predicted molar refractivity (Wildman–Crippen MR) is 81.1 cm³/mol. The van der Waals surface area contributed by atoms with Gasteiger partial charge in [0.15, 0.2) is 5.57 Å². The number of anilines is 1. The summed E-state index contributed by atoms with van der Waals surface area (Å²) in [5.74, 6) is 0. The van der Waals surface area contributed by atoms with Gasteiger partial charge in [-0.1, -0.05) is 23.2 Å². The van der Waals surface area contributed by atoms with Gasteiger partial charge in [-0.2, -0.15) is 20.9 Å². The zero-order chi connectivity index (χ0) is 16.1. The topological polar surface area (TPSA) is 101 Å². The number of benzene rings is 1. The van der Waals surface area contributed by atoms with Crippen LogP contribution in [-0.4, -0.2) is 9.78 Å². The summed E-state index contributed by atoms with van der Waals surface area (Å²) in [6.45, 7) is 0. The molecule has 0 fully saturated rings. The molecule has 0 aliphatic heterocycles. The molecule has 0 radical (unpaired) electrons. The summed E-state index contributed by atoms with van der Waals surface area (Å²) in [4.78, 5) is 0. The summed E-state index contributed by atoms with van der Waals surface area (Å²) in [5.41, 5.74) is 0.617. The van der Waals surface area contributed by atoms with Gasteiger partial charge in [-0.3, -0.25) is 0 Å². The molecule has 1 heterocycles. The molecule has 0 saturated carbocycles. The summed E-state index contributed by atoms with van der Waals surface area (Å²) < 4.78 is 1.51. The van der Waals surface area contributed by atoms with Crippen LogP contribution in [0.1, 0.15) is 0 Å². The minimum absolute atomic E-state index is 0.143. The van der Waals surface area contributed by atoms with E-state index in [0.717, 1.165) is 0 Å². The molecule has 0 atom stereocenters. The Labute approximate surface area is 136 Å². The Morgan fingerprint density at radius 1 is 1.14 bits per heavy atom. The van der Waals surface area contributed by atoms with E-state index in [1.807, 2.05) is 0 Å². The molecule has 0 aliphatic carbocycles. The molecule has 0 spiro atoms. The Morgan fingerprint density at radius 3 is 2.36 bits per heavy atom. The van der Waals surface area contributed by atoms with E-state index < -0.39 is 0 Å². The summed E-state index contributed by atoms with van der Waals surface area (Å²) >= 11 is 12.0. The minimum atomic E-state index is -0.304. The monoisotopic (exact) mass is 328 g/mol. The van der Waals surface area contributed by atoms with E-state index in [4.69, 9.17) is 39.0 Å². The molecular weight excluding hydrogens is 323 g/mol. The van der Waals surface area contributed by atoms with Crippen molar-refractivity contribution in [3.8, 4) is 23.9 Å². The van der Waals surface area contributed by atoms with Crippen molar-refractivity contribution in [3.05, 3.63) is 51.9 Å². The fourth-order valence-corrected chi connectivity index (χ4v) is 2.03. The van der Waals surface area contributed by atoms with Crippen molar-refractivity contribution in [2.24, 2.45) is 0 Å². The molecule has 1 aromatic carbocycles. The van der Waals surface area contributed by atoms with Gasteiger partial charge in [0.1, 0.15) is 23.9 Å². The van der Waals surface area contributed by atoms with E-state index in [9.17, 15) is 0 Å². The van der Waals surface area contributed by atoms with Crippen molar-refractivity contribution < 1.29 is 0 Å². The SMILES string of the molecule is N#CC(C#N)=C(C#N)Nc1ccc(-n2cc(Cl)cn2)c(Cl)c1. The van der Waals surface area contributed by atoms with Crippen LogP contribution in [0.3, 0.4) is 0 Å². The van der Waals surface area contributed by atoms with Crippen LogP contribution in [0.2, 0.25) is 10.0 Å². The maximum absolute atomic E-state index is 8.99. The molecule has 0 saturated heterocycles. The van der Waals surface area contributed by atoms with Gasteiger partial charge in [0.25, 0.3) is 0 Å². The van der Waals surface area contributed by atoms with Gasteiger partial charge in [0.05, 0.1) is 21.9 Å². The Hall–Kier alpha value is -2.98. The number of hydrogen-bond acceptors (Lipinski definition) is 5. The Balaban J connectivity index is 2.35. The lowest BCUT2D eigenvalue weighted by Gasteiger charge is -2.08. The van der Waals surface area contributed by atoms with Gasteiger partial charge < -0.3 is 5.32 Å². The highest BCUT2D eigenvalue weighted by atomic mass is 35.5. The normalized spacial score (nSPS) is 9.23. The lowest BCUT2D eigenvalue weighted by Crippen LogP contribution is -2.02. The molecule has 106 valence electrons. The molecule has 0 unspecified atom stereocenters. The maximum Gasteiger partial charge on any atom is 0.163 e. The highest BCUT2D eigenvalue weighted by molar-refractivity contribution is 6.33. The third-order valence-electron chi connectivity index (χ3n) is 2.60. The van der Waals surface area contributed by atoms with Crippen LogP contribution in [0, 0.1) is 34.0 Å².